The molecule has 0 aliphatic carbocycles. The highest BCUT2D eigenvalue weighted by Gasteiger charge is 2.30. The molecular formula is C29H22N4. The first kappa shape index (κ1) is 18.3. The SMILES string of the molecule is c1ccc(Cn2cc([C@H]3Nc4ccccc4-c4nc5ccccc5n43)c3ccccc32)cc1. The number of nitrogens with zero attached hydrogens (tertiary/aromatic N) is 3. The number of aromatic nitrogens is 3. The van der Waals surface area contributed by atoms with E-state index in [0.717, 1.165) is 34.7 Å². The molecule has 0 fully saturated rings. The smallest absolute Gasteiger partial charge is 0.145 e. The Hall–Kier alpha value is -4.31. The molecule has 1 atom stereocenters. The van der Waals surface area contributed by atoms with Crippen LogP contribution in [0.2, 0.25) is 0 Å². The predicted octanol–water partition coefficient (Wildman–Crippen LogP) is 6.68. The Morgan fingerprint density at radius 2 is 1.45 bits per heavy atom. The van der Waals surface area contributed by atoms with E-state index in [4.69, 9.17) is 4.98 Å². The summed E-state index contributed by atoms with van der Waals surface area (Å²) in [5.74, 6) is 1.01. The number of anilines is 1. The minimum atomic E-state index is -0.0516. The van der Waals surface area contributed by atoms with Crippen LogP contribution in [-0.4, -0.2) is 14.1 Å². The third-order valence-electron chi connectivity index (χ3n) is 6.62. The standard InChI is InChI=1S/C29H22N4/c1-2-10-20(11-3-1)18-32-19-23(21-12-5-8-16-26(21)32)29-30-24-14-6-4-13-22(24)28-31-25-15-7-9-17-27(25)33(28)29/h1-17,19,29-30H,18H2/t29-/m0/s1. The van der Waals surface area contributed by atoms with E-state index in [0.29, 0.717) is 0 Å². The Morgan fingerprint density at radius 1 is 0.727 bits per heavy atom. The van der Waals surface area contributed by atoms with E-state index in [1.165, 1.54) is 22.0 Å². The number of benzene rings is 4. The zero-order chi connectivity index (χ0) is 21.8. The summed E-state index contributed by atoms with van der Waals surface area (Å²) in [6, 6.07) is 36.2. The van der Waals surface area contributed by atoms with Crippen molar-refractivity contribution >= 4 is 27.6 Å². The van der Waals surface area contributed by atoms with Crippen LogP contribution < -0.4 is 5.32 Å². The van der Waals surface area contributed by atoms with Crippen LogP contribution in [0.25, 0.3) is 33.3 Å². The van der Waals surface area contributed by atoms with Gasteiger partial charge in [-0.25, -0.2) is 4.98 Å². The van der Waals surface area contributed by atoms with Crippen molar-refractivity contribution in [2.75, 3.05) is 5.32 Å². The van der Waals surface area contributed by atoms with Gasteiger partial charge in [-0.05, 0) is 35.9 Å². The van der Waals surface area contributed by atoms with E-state index >= 15 is 0 Å². The molecule has 0 saturated carbocycles. The zero-order valence-electron chi connectivity index (χ0n) is 18.0. The number of hydrogen-bond donors (Lipinski definition) is 1. The molecule has 6 aromatic rings. The Balaban J connectivity index is 1.47. The predicted molar refractivity (Wildman–Crippen MR) is 134 cm³/mol. The highest BCUT2D eigenvalue weighted by molar-refractivity contribution is 5.90. The van der Waals surface area contributed by atoms with Crippen LogP contribution in [0.5, 0.6) is 0 Å². The monoisotopic (exact) mass is 426 g/mol. The van der Waals surface area contributed by atoms with Crippen LogP contribution in [0, 0.1) is 0 Å². The summed E-state index contributed by atoms with van der Waals surface area (Å²) in [6.45, 7) is 0.836. The Morgan fingerprint density at radius 3 is 2.36 bits per heavy atom. The Bertz CT molecular complexity index is 1620. The van der Waals surface area contributed by atoms with Gasteiger partial charge in [0.15, 0.2) is 0 Å². The van der Waals surface area contributed by atoms with Crippen molar-refractivity contribution in [1.82, 2.24) is 14.1 Å². The molecule has 4 nitrogen and oxygen atoms in total. The molecule has 0 spiro atoms. The summed E-state index contributed by atoms with van der Waals surface area (Å²) in [4.78, 5) is 5.04. The van der Waals surface area contributed by atoms with Crippen LogP contribution in [0.15, 0.2) is 109 Å². The first-order valence-corrected chi connectivity index (χ1v) is 11.3. The molecule has 0 unspecified atom stereocenters. The van der Waals surface area contributed by atoms with Crippen LogP contribution in [0.3, 0.4) is 0 Å². The lowest BCUT2D eigenvalue weighted by Gasteiger charge is -2.30. The van der Waals surface area contributed by atoms with Crippen LogP contribution in [-0.2, 0) is 6.54 Å². The van der Waals surface area contributed by atoms with Gasteiger partial charge < -0.3 is 9.88 Å². The largest absolute Gasteiger partial charge is 0.360 e. The van der Waals surface area contributed by atoms with Crippen molar-refractivity contribution in [3.05, 3.63) is 120 Å². The summed E-state index contributed by atoms with van der Waals surface area (Å²) in [5, 5.41) is 5.09. The van der Waals surface area contributed by atoms with Gasteiger partial charge in [0.25, 0.3) is 0 Å². The molecule has 0 saturated heterocycles. The van der Waals surface area contributed by atoms with Crippen LogP contribution in [0.1, 0.15) is 17.3 Å². The highest BCUT2D eigenvalue weighted by atomic mass is 15.2. The maximum atomic E-state index is 5.04. The molecule has 4 heteroatoms. The van der Waals surface area contributed by atoms with E-state index in [1.54, 1.807) is 0 Å². The van der Waals surface area contributed by atoms with Gasteiger partial charge in [0.05, 0.1) is 11.0 Å². The van der Waals surface area contributed by atoms with Gasteiger partial charge in [-0.3, -0.25) is 4.57 Å². The number of rotatable bonds is 3. The van der Waals surface area contributed by atoms with Gasteiger partial charge in [0.1, 0.15) is 12.0 Å². The maximum absolute atomic E-state index is 5.04. The third kappa shape index (κ3) is 2.81. The van der Waals surface area contributed by atoms with E-state index < -0.39 is 0 Å². The van der Waals surface area contributed by atoms with E-state index in [2.05, 4.69) is 124 Å². The molecule has 0 bridgehead atoms. The first-order chi connectivity index (χ1) is 16.4. The molecule has 3 heterocycles. The molecule has 158 valence electrons. The van der Waals surface area contributed by atoms with Crippen LogP contribution in [0.4, 0.5) is 5.69 Å². The summed E-state index contributed by atoms with van der Waals surface area (Å²) >= 11 is 0. The zero-order valence-corrected chi connectivity index (χ0v) is 18.0. The summed E-state index contributed by atoms with van der Waals surface area (Å²) in [7, 11) is 0. The fraction of sp³-hybridized carbons (Fsp3) is 0.0690. The second-order valence-corrected chi connectivity index (χ2v) is 8.60. The normalized spacial score (nSPS) is 14.7. The average Bonchev–Trinajstić information content (AvgIpc) is 3.44. The lowest BCUT2D eigenvalue weighted by Crippen LogP contribution is -2.24. The number of hydrogen-bond acceptors (Lipinski definition) is 2. The minimum Gasteiger partial charge on any atom is -0.360 e. The lowest BCUT2D eigenvalue weighted by atomic mass is 10.0. The van der Waals surface area contributed by atoms with Gasteiger partial charge in [-0.1, -0.05) is 72.8 Å². The van der Waals surface area contributed by atoms with Crippen molar-refractivity contribution in [3.63, 3.8) is 0 Å². The molecular weight excluding hydrogens is 404 g/mol. The first-order valence-electron chi connectivity index (χ1n) is 11.3. The lowest BCUT2D eigenvalue weighted by molar-refractivity contribution is 0.668. The van der Waals surface area contributed by atoms with Crippen molar-refractivity contribution in [3.8, 4) is 11.4 Å². The summed E-state index contributed by atoms with van der Waals surface area (Å²) in [5.41, 5.74) is 8.19. The number of nitrogens with one attached hydrogen (secondary N) is 1. The van der Waals surface area contributed by atoms with Crippen molar-refractivity contribution in [2.45, 2.75) is 12.7 Å². The van der Waals surface area contributed by atoms with E-state index in [1.807, 2.05) is 0 Å². The highest BCUT2D eigenvalue weighted by Crippen LogP contribution is 2.42. The van der Waals surface area contributed by atoms with Gasteiger partial charge >= 0.3 is 0 Å². The minimum absolute atomic E-state index is 0.0516. The van der Waals surface area contributed by atoms with E-state index in [9.17, 15) is 0 Å². The topological polar surface area (TPSA) is 34.8 Å². The summed E-state index contributed by atoms with van der Waals surface area (Å²) < 4.78 is 4.72. The second-order valence-electron chi connectivity index (χ2n) is 8.60. The third-order valence-corrected chi connectivity index (χ3v) is 6.62. The maximum Gasteiger partial charge on any atom is 0.145 e. The number of imidazole rings is 1. The Kier molecular flexibility index (Phi) is 3.94. The van der Waals surface area contributed by atoms with Crippen molar-refractivity contribution < 1.29 is 0 Å². The second kappa shape index (κ2) is 7.10. The van der Waals surface area contributed by atoms with Crippen LogP contribution >= 0.6 is 0 Å². The molecule has 1 aliphatic heterocycles. The van der Waals surface area contributed by atoms with Gasteiger partial charge in [-0.2, -0.15) is 0 Å². The van der Waals surface area contributed by atoms with Gasteiger partial charge in [-0.15, -0.1) is 0 Å². The average molecular weight is 427 g/mol. The fourth-order valence-electron chi connectivity index (χ4n) is 5.13. The molecule has 33 heavy (non-hydrogen) atoms. The van der Waals surface area contributed by atoms with Gasteiger partial charge in [0.2, 0.25) is 0 Å². The molecule has 1 aliphatic rings. The molecule has 2 aromatic heterocycles. The number of fused-ring (bicyclic) bond motifs is 6. The van der Waals surface area contributed by atoms with Crippen molar-refractivity contribution in [2.24, 2.45) is 0 Å². The molecule has 7 rings (SSSR count). The number of para-hydroxylation sites is 4. The van der Waals surface area contributed by atoms with E-state index in [-0.39, 0.29) is 6.17 Å². The quantitative estimate of drug-likeness (QED) is 0.343. The van der Waals surface area contributed by atoms with Crippen molar-refractivity contribution in [1.29, 1.82) is 0 Å². The Labute approximate surface area is 191 Å². The van der Waals surface area contributed by atoms with Gasteiger partial charge in [0, 0.05) is 40.5 Å². The fourth-order valence-corrected chi connectivity index (χ4v) is 5.13. The summed E-state index contributed by atoms with van der Waals surface area (Å²) in [6.07, 6.45) is 2.26. The molecule has 0 amide bonds. The molecule has 0 radical (unpaired) electrons. The molecule has 1 N–H and O–H groups in total. The molecule has 4 aromatic carbocycles.